The molecule has 0 unspecified atom stereocenters. The summed E-state index contributed by atoms with van der Waals surface area (Å²) in [5.41, 5.74) is 0. The number of hydrogen-bond acceptors (Lipinski definition) is 2. The van der Waals surface area contributed by atoms with Crippen LogP contribution in [0, 0.1) is 0 Å². The molecular formula is C6H22N2NaO6S4. The standard InChI is InChI=1S/C6H10N2S4.Na.6H2O/c9-5(10)7-1-2-8(4-3-7)6(11)12;;;;;;;/h1-4H2,(H,9,10)(H,11,12);;6*1H2. The fraction of sp³-hybridized carbons (Fsp3) is 0.667. The number of thiocarbonyl (C=S) groups is 2. The van der Waals surface area contributed by atoms with Crippen LogP contribution in [0.2, 0.25) is 0 Å². The van der Waals surface area contributed by atoms with Crippen molar-refractivity contribution < 1.29 is 32.9 Å². The predicted molar refractivity (Wildman–Crippen MR) is 93.8 cm³/mol. The van der Waals surface area contributed by atoms with Gasteiger partial charge in [0.1, 0.15) is 8.64 Å². The molecule has 1 fully saturated rings. The smallest absolute Gasteiger partial charge is 0.133 e. The van der Waals surface area contributed by atoms with Crippen LogP contribution < -0.4 is 0 Å². The normalized spacial score (nSPS) is 11.3. The van der Waals surface area contributed by atoms with Gasteiger partial charge in [-0.2, -0.15) is 0 Å². The molecule has 1 rings (SSSR count). The second kappa shape index (κ2) is 21.5. The van der Waals surface area contributed by atoms with Gasteiger partial charge in [0.25, 0.3) is 0 Å². The third kappa shape index (κ3) is 15.4. The van der Waals surface area contributed by atoms with Crippen molar-refractivity contribution in [1.29, 1.82) is 0 Å². The maximum atomic E-state index is 4.94. The molecular weight excluding hydrogens is 347 g/mol. The quantitative estimate of drug-likeness (QED) is 0.248. The minimum atomic E-state index is 0. The number of thiol groups is 2. The van der Waals surface area contributed by atoms with Gasteiger partial charge in [-0.05, 0) is 0 Å². The summed E-state index contributed by atoms with van der Waals surface area (Å²) < 4.78 is 1.33. The fourth-order valence-electron chi connectivity index (χ4n) is 1.09. The van der Waals surface area contributed by atoms with E-state index < -0.39 is 0 Å². The molecule has 1 radical (unpaired) electrons. The van der Waals surface area contributed by atoms with Crippen molar-refractivity contribution in [2.75, 3.05) is 26.2 Å². The van der Waals surface area contributed by atoms with E-state index in [1.807, 2.05) is 0 Å². The van der Waals surface area contributed by atoms with E-state index in [0.717, 1.165) is 26.2 Å². The molecule has 0 spiro atoms. The zero-order chi connectivity index (χ0) is 9.14. The summed E-state index contributed by atoms with van der Waals surface area (Å²) in [5, 5.41) is 0. The molecule has 0 aromatic carbocycles. The van der Waals surface area contributed by atoms with Crippen LogP contribution in [0.25, 0.3) is 0 Å². The molecule has 0 saturated carbocycles. The summed E-state index contributed by atoms with van der Waals surface area (Å²) >= 11 is 18.1. The monoisotopic (exact) mass is 369 g/mol. The summed E-state index contributed by atoms with van der Waals surface area (Å²) in [6.45, 7) is 3.57. The van der Waals surface area contributed by atoms with E-state index in [4.69, 9.17) is 24.4 Å². The van der Waals surface area contributed by atoms with E-state index in [-0.39, 0.29) is 62.4 Å². The van der Waals surface area contributed by atoms with Crippen LogP contribution in [0.1, 0.15) is 0 Å². The molecule has 13 heteroatoms. The van der Waals surface area contributed by atoms with Gasteiger partial charge in [0.15, 0.2) is 0 Å². The Morgan fingerprint density at radius 1 is 0.632 bits per heavy atom. The molecule has 1 aliphatic heterocycles. The Morgan fingerprint density at radius 3 is 0.895 bits per heavy atom. The number of piperazine rings is 1. The zero-order valence-corrected chi connectivity index (χ0v) is 15.9. The van der Waals surface area contributed by atoms with E-state index in [9.17, 15) is 0 Å². The van der Waals surface area contributed by atoms with Crippen LogP contribution in [0.5, 0.6) is 0 Å². The minimum Gasteiger partial charge on any atom is -0.412 e. The van der Waals surface area contributed by atoms with Crippen molar-refractivity contribution in [3.8, 4) is 0 Å². The second-order valence-electron chi connectivity index (χ2n) is 2.54. The van der Waals surface area contributed by atoms with Crippen molar-refractivity contribution in [1.82, 2.24) is 9.80 Å². The molecule has 1 heterocycles. The molecule has 1 aliphatic rings. The van der Waals surface area contributed by atoms with Crippen molar-refractivity contribution in [2.45, 2.75) is 0 Å². The average Bonchev–Trinajstić information content (AvgIpc) is 2.04. The first-order valence-electron chi connectivity index (χ1n) is 3.57. The van der Waals surface area contributed by atoms with E-state index in [1.54, 1.807) is 0 Å². The second-order valence-corrected chi connectivity index (χ2v) is 4.76. The Morgan fingerprint density at radius 2 is 0.789 bits per heavy atom. The maximum absolute atomic E-state index is 4.94. The van der Waals surface area contributed by atoms with Gasteiger partial charge in [0, 0.05) is 55.7 Å². The number of rotatable bonds is 0. The Balaban J connectivity index is -0.0000000411. The van der Waals surface area contributed by atoms with Gasteiger partial charge < -0.3 is 42.7 Å². The molecule has 0 bridgehead atoms. The van der Waals surface area contributed by atoms with E-state index >= 15 is 0 Å². The third-order valence-corrected chi connectivity index (χ3v) is 2.90. The van der Waals surface area contributed by atoms with Crippen LogP contribution in [0.3, 0.4) is 0 Å². The van der Waals surface area contributed by atoms with Crippen molar-refractivity contribution >= 4 is 87.9 Å². The van der Waals surface area contributed by atoms with Crippen molar-refractivity contribution in [3.05, 3.63) is 0 Å². The molecule has 12 N–H and O–H groups in total. The molecule has 0 aliphatic carbocycles. The Hall–Kier alpha value is 1.24. The van der Waals surface area contributed by atoms with Gasteiger partial charge in [-0.15, -0.1) is 25.3 Å². The van der Waals surface area contributed by atoms with Gasteiger partial charge in [-0.1, -0.05) is 24.4 Å². The van der Waals surface area contributed by atoms with Gasteiger partial charge in [0.2, 0.25) is 0 Å². The first kappa shape index (κ1) is 42.7. The van der Waals surface area contributed by atoms with Gasteiger partial charge in [-0.25, -0.2) is 0 Å². The third-order valence-electron chi connectivity index (χ3n) is 1.82. The van der Waals surface area contributed by atoms with E-state index in [2.05, 4.69) is 35.1 Å². The molecule has 19 heavy (non-hydrogen) atoms. The molecule has 0 amide bonds. The molecule has 117 valence electrons. The van der Waals surface area contributed by atoms with Crippen LogP contribution >= 0.6 is 49.7 Å². The SMILES string of the molecule is O.O.O.O.O.O.S=C(S)N1CCN(C(=S)S)CC1.[Na]. The Bertz CT molecular complexity index is 198. The molecule has 0 atom stereocenters. The first-order chi connectivity index (χ1) is 5.61. The molecule has 1 saturated heterocycles. The molecule has 0 aromatic heterocycles. The van der Waals surface area contributed by atoms with Crippen LogP contribution in [0.15, 0.2) is 0 Å². The van der Waals surface area contributed by atoms with Gasteiger partial charge in [0.05, 0.1) is 0 Å². The van der Waals surface area contributed by atoms with E-state index in [1.165, 1.54) is 0 Å². The molecule has 0 aromatic rings. The summed E-state index contributed by atoms with van der Waals surface area (Å²) in [6, 6.07) is 0. The van der Waals surface area contributed by atoms with Gasteiger partial charge >= 0.3 is 0 Å². The summed E-state index contributed by atoms with van der Waals surface area (Å²) in [4.78, 5) is 4.11. The molecule has 8 nitrogen and oxygen atoms in total. The van der Waals surface area contributed by atoms with Crippen molar-refractivity contribution in [3.63, 3.8) is 0 Å². The predicted octanol–water partition coefficient (Wildman–Crippen LogP) is -4.30. The largest absolute Gasteiger partial charge is 0.412 e. The van der Waals surface area contributed by atoms with Crippen LogP contribution in [0.4, 0.5) is 0 Å². The number of nitrogens with zero attached hydrogens (tertiary/aromatic N) is 2. The summed E-state index contributed by atoms with van der Waals surface area (Å²) in [7, 11) is 0. The average molecular weight is 370 g/mol. The minimum absolute atomic E-state index is 0. The fourth-order valence-corrected chi connectivity index (χ4v) is 1.85. The number of hydrogen-bond donors (Lipinski definition) is 2. The van der Waals surface area contributed by atoms with E-state index in [0.29, 0.717) is 8.64 Å². The Kier molecular flexibility index (Phi) is 48.4. The van der Waals surface area contributed by atoms with Crippen LogP contribution in [-0.4, -0.2) is 107 Å². The van der Waals surface area contributed by atoms with Gasteiger partial charge in [-0.3, -0.25) is 0 Å². The first-order valence-corrected chi connectivity index (χ1v) is 5.28. The topological polar surface area (TPSA) is 195 Å². The zero-order valence-electron chi connectivity index (χ0n) is 10.4. The van der Waals surface area contributed by atoms with Crippen LogP contribution in [-0.2, 0) is 0 Å². The van der Waals surface area contributed by atoms with Crippen molar-refractivity contribution in [2.24, 2.45) is 0 Å². The Labute approximate surface area is 155 Å². The summed E-state index contributed by atoms with van der Waals surface area (Å²) in [6.07, 6.45) is 0. The maximum Gasteiger partial charge on any atom is 0.133 e. The summed E-state index contributed by atoms with van der Waals surface area (Å²) in [5.74, 6) is 0.